The fourth-order valence-corrected chi connectivity index (χ4v) is 4.09. The van der Waals surface area contributed by atoms with E-state index in [4.69, 9.17) is 0 Å². The predicted octanol–water partition coefficient (Wildman–Crippen LogP) is 5.41. The molecule has 1 aromatic heterocycles. The average Bonchev–Trinajstić information content (AvgIpc) is 2.86. The lowest BCUT2D eigenvalue weighted by Gasteiger charge is -2.19. The Morgan fingerprint density at radius 1 is 1.24 bits per heavy atom. The number of nitrogens with one attached hydrogen (secondary N) is 1. The van der Waals surface area contributed by atoms with Crippen LogP contribution in [0.1, 0.15) is 23.8 Å². The van der Waals surface area contributed by atoms with Crippen molar-refractivity contribution in [2.75, 3.05) is 18.5 Å². The first-order chi connectivity index (χ1) is 10.1. The fourth-order valence-electron chi connectivity index (χ4n) is 2.08. The van der Waals surface area contributed by atoms with Crippen LogP contribution in [0.15, 0.2) is 38.6 Å². The molecule has 0 saturated heterocycles. The maximum absolute atomic E-state index is 3.69. The number of rotatable bonds is 7. The average molecular weight is 432 g/mol. The third-order valence-electron chi connectivity index (χ3n) is 3.23. The molecule has 0 amide bonds. The van der Waals surface area contributed by atoms with Crippen LogP contribution in [0.5, 0.6) is 0 Å². The molecule has 0 unspecified atom stereocenters. The minimum Gasteiger partial charge on any atom is -0.369 e. The van der Waals surface area contributed by atoms with E-state index in [2.05, 4.69) is 85.7 Å². The summed E-state index contributed by atoms with van der Waals surface area (Å²) in [4.78, 5) is 3.63. The molecule has 0 spiro atoms. The lowest BCUT2D eigenvalue weighted by molar-refractivity contribution is 0.674. The molecule has 0 bridgehead atoms. The SMILES string of the molecule is CCCNCc1ccc(N(C)Cc2cc(Br)cs2)cc1Br. The topological polar surface area (TPSA) is 15.3 Å². The van der Waals surface area contributed by atoms with E-state index < -0.39 is 0 Å². The van der Waals surface area contributed by atoms with Crippen LogP contribution in [-0.4, -0.2) is 13.6 Å². The van der Waals surface area contributed by atoms with Crippen molar-refractivity contribution < 1.29 is 0 Å². The Morgan fingerprint density at radius 3 is 2.67 bits per heavy atom. The molecule has 1 N–H and O–H groups in total. The Kier molecular flexibility index (Phi) is 6.74. The van der Waals surface area contributed by atoms with Gasteiger partial charge in [-0.25, -0.2) is 0 Å². The normalized spacial score (nSPS) is 10.9. The number of hydrogen-bond acceptors (Lipinski definition) is 3. The summed E-state index contributed by atoms with van der Waals surface area (Å²) in [7, 11) is 2.13. The summed E-state index contributed by atoms with van der Waals surface area (Å²) in [5, 5.41) is 5.56. The summed E-state index contributed by atoms with van der Waals surface area (Å²) in [6.07, 6.45) is 1.16. The molecule has 5 heteroatoms. The van der Waals surface area contributed by atoms with Crippen molar-refractivity contribution in [3.8, 4) is 0 Å². The molecule has 0 radical (unpaired) electrons. The van der Waals surface area contributed by atoms with Gasteiger partial charge in [0.15, 0.2) is 0 Å². The number of benzene rings is 1. The first-order valence-electron chi connectivity index (χ1n) is 7.03. The van der Waals surface area contributed by atoms with Gasteiger partial charge in [0.05, 0.1) is 6.54 Å². The second-order valence-electron chi connectivity index (χ2n) is 5.04. The van der Waals surface area contributed by atoms with Gasteiger partial charge in [0, 0.05) is 38.5 Å². The summed E-state index contributed by atoms with van der Waals surface area (Å²) >= 11 is 8.98. The van der Waals surface area contributed by atoms with Crippen LogP contribution in [0.4, 0.5) is 5.69 Å². The zero-order valence-corrected chi connectivity index (χ0v) is 16.3. The van der Waals surface area contributed by atoms with E-state index in [1.54, 1.807) is 11.3 Å². The van der Waals surface area contributed by atoms with E-state index >= 15 is 0 Å². The molecule has 0 atom stereocenters. The highest BCUT2D eigenvalue weighted by Gasteiger charge is 2.07. The Bertz CT molecular complexity index is 583. The Labute approximate surface area is 147 Å². The predicted molar refractivity (Wildman–Crippen MR) is 100 cm³/mol. The molecule has 0 aliphatic carbocycles. The van der Waals surface area contributed by atoms with E-state index in [9.17, 15) is 0 Å². The van der Waals surface area contributed by atoms with E-state index in [0.717, 1.165) is 30.5 Å². The van der Waals surface area contributed by atoms with Crippen molar-refractivity contribution in [1.29, 1.82) is 0 Å². The Balaban J connectivity index is 2.01. The molecule has 21 heavy (non-hydrogen) atoms. The van der Waals surface area contributed by atoms with E-state index in [1.807, 2.05) is 0 Å². The largest absolute Gasteiger partial charge is 0.369 e. The molecule has 0 aliphatic heterocycles. The summed E-state index contributed by atoms with van der Waals surface area (Å²) < 4.78 is 2.33. The maximum Gasteiger partial charge on any atom is 0.0519 e. The lowest BCUT2D eigenvalue weighted by Crippen LogP contribution is -2.17. The molecule has 0 aliphatic rings. The molecular weight excluding hydrogens is 412 g/mol. The van der Waals surface area contributed by atoms with Crippen LogP contribution >= 0.6 is 43.2 Å². The Hall–Kier alpha value is -0.360. The minimum atomic E-state index is 0.913. The number of thiophene rings is 1. The second kappa shape index (κ2) is 8.32. The van der Waals surface area contributed by atoms with Gasteiger partial charge in [-0.1, -0.05) is 28.9 Å². The van der Waals surface area contributed by atoms with Crippen molar-refractivity contribution in [3.63, 3.8) is 0 Å². The zero-order chi connectivity index (χ0) is 15.2. The quantitative estimate of drug-likeness (QED) is 0.589. The second-order valence-corrected chi connectivity index (χ2v) is 7.81. The van der Waals surface area contributed by atoms with Gasteiger partial charge >= 0.3 is 0 Å². The number of anilines is 1. The van der Waals surface area contributed by atoms with Crippen LogP contribution < -0.4 is 10.2 Å². The number of hydrogen-bond donors (Lipinski definition) is 1. The van der Waals surface area contributed by atoms with Crippen LogP contribution in [0, 0.1) is 0 Å². The van der Waals surface area contributed by atoms with Crippen molar-refractivity contribution in [2.24, 2.45) is 0 Å². The number of nitrogens with zero attached hydrogens (tertiary/aromatic N) is 1. The van der Waals surface area contributed by atoms with Gasteiger partial charge in [0.25, 0.3) is 0 Å². The van der Waals surface area contributed by atoms with Crippen LogP contribution in [0.3, 0.4) is 0 Å². The van der Waals surface area contributed by atoms with Gasteiger partial charge in [-0.05, 0) is 52.7 Å². The van der Waals surface area contributed by atoms with Gasteiger partial charge < -0.3 is 10.2 Å². The molecule has 0 fully saturated rings. The Morgan fingerprint density at radius 2 is 2.05 bits per heavy atom. The van der Waals surface area contributed by atoms with E-state index in [1.165, 1.54) is 20.6 Å². The summed E-state index contributed by atoms with van der Waals surface area (Å²) in [6, 6.07) is 8.77. The first kappa shape index (κ1) is 17.0. The molecule has 0 saturated carbocycles. The van der Waals surface area contributed by atoms with Gasteiger partial charge in [-0.15, -0.1) is 11.3 Å². The summed E-state index contributed by atoms with van der Waals surface area (Å²) in [5.74, 6) is 0. The highest BCUT2D eigenvalue weighted by atomic mass is 79.9. The molecule has 2 nitrogen and oxygen atoms in total. The van der Waals surface area contributed by atoms with Gasteiger partial charge in [-0.3, -0.25) is 0 Å². The third-order valence-corrected chi connectivity index (χ3v) is 5.65. The van der Waals surface area contributed by atoms with Crippen molar-refractivity contribution in [2.45, 2.75) is 26.4 Å². The fraction of sp³-hybridized carbons (Fsp3) is 0.375. The summed E-state index contributed by atoms with van der Waals surface area (Å²) in [6.45, 7) is 5.08. The van der Waals surface area contributed by atoms with E-state index in [0.29, 0.717) is 0 Å². The monoisotopic (exact) mass is 430 g/mol. The molecule has 2 rings (SSSR count). The van der Waals surface area contributed by atoms with Crippen LogP contribution in [0.2, 0.25) is 0 Å². The molecule has 2 aromatic rings. The van der Waals surface area contributed by atoms with Gasteiger partial charge in [0.1, 0.15) is 0 Å². The van der Waals surface area contributed by atoms with Gasteiger partial charge in [-0.2, -0.15) is 0 Å². The van der Waals surface area contributed by atoms with E-state index in [-0.39, 0.29) is 0 Å². The molecule has 114 valence electrons. The van der Waals surface area contributed by atoms with Crippen molar-refractivity contribution in [3.05, 3.63) is 49.0 Å². The standard InChI is InChI=1S/C16H20Br2N2S/c1-3-6-19-9-12-4-5-14(8-16(12)18)20(2)10-15-7-13(17)11-21-15/h4-5,7-8,11,19H,3,6,9-10H2,1-2H3. The van der Waals surface area contributed by atoms with Crippen molar-refractivity contribution in [1.82, 2.24) is 5.32 Å². The number of halogens is 2. The van der Waals surface area contributed by atoms with Gasteiger partial charge in [0.2, 0.25) is 0 Å². The molecular formula is C16H20Br2N2S. The van der Waals surface area contributed by atoms with Crippen LogP contribution in [0.25, 0.3) is 0 Å². The molecule has 1 heterocycles. The third kappa shape index (κ3) is 5.09. The molecule has 1 aromatic carbocycles. The smallest absolute Gasteiger partial charge is 0.0519 e. The zero-order valence-electron chi connectivity index (χ0n) is 12.3. The lowest BCUT2D eigenvalue weighted by atomic mass is 10.2. The van der Waals surface area contributed by atoms with Crippen molar-refractivity contribution >= 4 is 48.9 Å². The highest BCUT2D eigenvalue weighted by molar-refractivity contribution is 9.10. The first-order valence-corrected chi connectivity index (χ1v) is 9.50. The maximum atomic E-state index is 3.69. The highest BCUT2D eigenvalue weighted by Crippen LogP contribution is 2.26. The summed E-state index contributed by atoms with van der Waals surface area (Å²) in [5.41, 5.74) is 2.53. The minimum absolute atomic E-state index is 0.913. The van der Waals surface area contributed by atoms with Crippen LogP contribution in [-0.2, 0) is 13.1 Å².